The normalized spacial score (nSPS) is 13.1. The van der Waals surface area contributed by atoms with E-state index in [0.29, 0.717) is 0 Å². The highest BCUT2D eigenvalue weighted by atomic mass is 17.3. The Hall–Kier alpha value is -0.950. The number of rotatable bonds is 8. The molecule has 0 spiro atoms. The van der Waals surface area contributed by atoms with Crippen LogP contribution in [0.25, 0.3) is 0 Å². The van der Waals surface area contributed by atoms with E-state index in [-0.39, 0.29) is 13.0 Å². The van der Waals surface area contributed by atoms with Gasteiger partial charge in [0, 0.05) is 0 Å². The Morgan fingerprint density at radius 1 is 0.905 bits per heavy atom. The summed E-state index contributed by atoms with van der Waals surface area (Å²) in [4.78, 5) is 32.7. The molecule has 6 heteroatoms. The summed E-state index contributed by atoms with van der Waals surface area (Å²) in [6, 6.07) is 0. The summed E-state index contributed by atoms with van der Waals surface area (Å²) in [6.45, 7) is 16.0. The maximum absolute atomic E-state index is 11.7. The molecule has 0 saturated heterocycles. The molecule has 0 bridgehead atoms. The van der Waals surface area contributed by atoms with Crippen LogP contribution >= 0.6 is 0 Å². The molecule has 0 amide bonds. The van der Waals surface area contributed by atoms with Gasteiger partial charge in [0.15, 0.2) is 0 Å². The summed E-state index contributed by atoms with van der Waals surface area (Å²) in [5, 5.41) is 0. The average molecular weight is 304 g/mol. The highest BCUT2D eigenvalue weighted by Crippen LogP contribution is 2.25. The van der Waals surface area contributed by atoms with Crippen molar-refractivity contribution in [2.24, 2.45) is 0 Å². The summed E-state index contributed by atoms with van der Waals surface area (Å²) in [5.41, 5.74) is -1.12. The number of hydrogen-bond donors (Lipinski definition) is 0. The van der Waals surface area contributed by atoms with Gasteiger partial charge in [-0.2, -0.15) is 9.78 Å². The van der Waals surface area contributed by atoms with E-state index in [9.17, 15) is 4.79 Å². The van der Waals surface area contributed by atoms with E-state index < -0.39 is 23.0 Å². The maximum Gasteiger partial charge on any atom is 0.311 e. The first-order chi connectivity index (χ1) is 9.37. The minimum Gasteiger partial charge on any atom is -0.461 e. The quantitative estimate of drug-likeness (QED) is 0.225. The molecule has 6 nitrogen and oxygen atoms in total. The molecule has 0 unspecified atom stereocenters. The van der Waals surface area contributed by atoms with E-state index in [1.807, 2.05) is 41.5 Å². The topological polar surface area (TPSA) is 63.2 Å². The first-order valence-electron chi connectivity index (χ1n) is 6.87. The summed E-state index contributed by atoms with van der Waals surface area (Å²) in [6.07, 6.45) is 1.29. The number of hydrogen-bond acceptors (Lipinski definition) is 6. The first kappa shape index (κ1) is 20.1. The number of carbonyl (C=O) groups excluding carboxylic acids is 1. The van der Waals surface area contributed by atoms with Gasteiger partial charge in [0.05, 0.1) is 11.2 Å². The van der Waals surface area contributed by atoms with Crippen LogP contribution in [0.4, 0.5) is 0 Å². The number of carbonyl (C=O) groups is 1. The van der Waals surface area contributed by atoms with Gasteiger partial charge in [0.2, 0.25) is 5.79 Å². The van der Waals surface area contributed by atoms with Crippen molar-refractivity contribution in [1.29, 1.82) is 0 Å². The van der Waals surface area contributed by atoms with E-state index in [1.54, 1.807) is 6.92 Å². The van der Waals surface area contributed by atoms with E-state index in [4.69, 9.17) is 24.3 Å². The van der Waals surface area contributed by atoms with Gasteiger partial charge >= 0.3 is 5.97 Å². The minimum absolute atomic E-state index is 0.120. The Labute approximate surface area is 127 Å². The Morgan fingerprint density at radius 3 is 1.67 bits per heavy atom. The van der Waals surface area contributed by atoms with Crippen molar-refractivity contribution < 1.29 is 29.1 Å². The average Bonchev–Trinajstić information content (AvgIpc) is 2.30. The smallest absolute Gasteiger partial charge is 0.311 e. The van der Waals surface area contributed by atoms with Crippen LogP contribution in [0.3, 0.4) is 0 Å². The van der Waals surface area contributed by atoms with Crippen molar-refractivity contribution in [2.45, 2.75) is 71.9 Å². The van der Waals surface area contributed by atoms with Gasteiger partial charge in [-0.05, 0) is 48.5 Å². The molecule has 21 heavy (non-hydrogen) atoms. The molecule has 0 aromatic heterocycles. The Morgan fingerprint density at radius 2 is 1.33 bits per heavy atom. The lowest BCUT2D eigenvalue weighted by molar-refractivity contribution is -0.535. The van der Waals surface area contributed by atoms with Crippen molar-refractivity contribution in [3.05, 3.63) is 12.7 Å². The molecule has 0 rings (SSSR count). The lowest BCUT2D eigenvalue weighted by Crippen LogP contribution is -2.40. The third-order valence-corrected chi connectivity index (χ3v) is 1.76. The zero-order valence-electron chi connectivity index (χ0n) is 14.1. The summed E-state index contributed by atoms with van der Waals surface area (Å²) in [5.74, 6) is -1.92. The largest absolute Gasteiger partial charge is 0.461 e. The van der Waals surface area contributed by atoms with Crippen LogP contribution in [0.1, 0.15) is 54.9 Å². The molecule has 0 saturated carbocycles. The lowest BCUT2D eigenvalue weighted by atomic mass is 10.2. The SMILES string of the molecule is C=CCOC(=O)CC(C)(OOC(C)(C)C)OOC(C)(C)C. The maximum atomic E-state index is 11.7. The van der Waals surface area contributed by atoms with E-state index in [0.717, 1.165) is 0 Å². The van der Waals surface area contributed by atoms with Crippen LogP contribution in [0.15, 0.2) is 12.7 Å². The first-order valence-corrected chi connectivity index (χ1v) is 6.87. The van der Waals surface area contributed by atoms with Crippen molar-refractivity contribution in [3.63, 3.8) is 0 Å². The van der Waals surface area contributed by atoms with E-state index in [2.05, 4.69) is 6.58 Å². The molecule has 0 aromatic rings. The Balaban J connectivity index is 4.72. The van der Waals surface area contributed by atoms with E-state index >= 15 is 0 Å². The molecular formula is C15H28O6. The zero-order valence-corrected chi connectivity index (χ0v) is 14.1. The second kappa shape index (κ2) is 7.89. The van der Waals surface area contributed by atoms with Crippen molar-refractivity contribution in [3.8, 4) is 0 Å². The Bertz CT molecular complexity index is 319. The predicted molar refractivity (Wildman–Crippen MR) is 78.0 cm³/mol. The number of esters is 1. The molecule has 0 N–H and O–H groups in total. The summed E-state index contributed by atoms with van der Waals surface area (Å²) < 4.78 is 4.92. The second-order valence-corrected chi connectivity index (χ2v) is 6.84. The summed E-state index contributed by atoms with van der Waals surface area (Å²) >= 11 is 0. The third kappa shape index (κ3) is 11.4. The molecule has 0 aromatic carbocycles. The molecule has 0 radical (unpaired) electrons. The fraction of sp³-hybridized carbons (Fsp3) is 0.800. The highest BCUT2D eigenvalue weighted by Gasteiger charge is 2.36. The van der Waals surface area contributed by atoms with Gasteiger partial charge in [-0.3, -0.25) is 4.79 Å². The van der Waals surface area contributed by atoms with Gasteiger partial charge in [-0.1, -0.05) is 12.7 Å². The van der Waals surface area contributed by atoms with Gasteiger partial charge in [-0.25, -0.2) is 9.78 Å². The third-order valence-electron chi connectivity index (χ3n) is 1.76. The molecular weight excluding hydrogens is 276 g/mol. The fourth-order valence-corrected chi connectivity index (χ4v) is 0.964. The monoisotopic (exact) mass is 304 g/mol. The second-order valence-electron chi connectivity index (χ2n) is 6.84. The predicted octanol–water partition coefficient (Wildman–Crippen LogP) is 3.32. The molecule has 0 fully saturated rings. The van der Waals surface area contributed by atoms with Gasteiger partial charge in [0.1, 0.15) is 13.0 Å². The number of ether oxygens (including phenoxy) is 1. The molecule has 0 atom stereocenters. The Kier molecular flexibility index (Phi) is 7.53. The van der Waals surface area contributed by atoms with Crippen molar-refractivity contribution in [2.75, 3.05) is 6.61 Å². The van der Waals surface area contributed by atoms with Crippen molar-refractivity contribution in [1.82, 2.24) is 0 Å². The lowest BCUT2D eigenvalue weighted by Gasteiger charge is -2.32. The minimum atomic E-state index is -1.42. The molecule has 0 aliphatic heterocycles. The molecule has 0 heterocycles. The van der Waals surface area contributed by atoms with Gasteiger partial charge < -0.3 is 4.74 Å². The standard InChI is InChI=1S/C15H28O6/c1-9-10-17-12(16)11-15(8,20-18-13(2,3)4)21-19-14(5,6)7/h9H,1,10-11H2,2-8H3. The van der Waals surface area contributed by atoms with Crippen LogP contribution in [0.5, 0.6) is 0 Å². The molecule has 0 aliphatic carbocycles. The van der Waals surface area contributed by atoms with Gasteiger partial charge in [0.25, 0.3) is 0 Å². The van der Waals surface area contributed by atoms with Crippen LogP contribution in [-0.4, -0.2) is 29.6 Å². The van der Waals surface area contributed by atoms with Crippen LogP contribution in [-0.2, 0) is 29.1 Å². The van der Waals surface area contributed by atoms with Crippen LogP contribution < -0.4 is 0 Å². The summed E-state index contributed by atoms with van der Waals surface area (Å²) in [7, 11) is 0. The van der Waals surface area contributed by atoms with E-state index in [1.165, 1.54) is 6.08 Å². The zero-order chi connectivity index (χ0) is 16.7. The van der Waals surface area contributed by atoms with Crippen molar-refractivity contribution >= 4 is 5.97 Å². The molecule has 124 valence electrons. The van der Waals surface area contributed by atoms with Crippen LogP contribution in [0, 0.1) is 0 Å². The fourth-order valence-electron chi connectivity index (χ4n) is 0.964. The van der Waals surface area contributed by atoms with Crippen LogP contribution in [0.2, 0.25) is 0 Å². The highest BCUT2D eigenvalue weighted by molar-refractivity contribution is 5.70. The molecule has 0 aliphatic rings. The van der Waals surface area contributed by atoms with Gasteiger partial charge in [-0.15, -0.1) is 0 Å².